The van der Waals surface area contributed by atoms with E-state index >= 15 is 0 Å². The predicted octanol–water partition coefficient (Wildman–Crippen LogP) is 3.63. The zero-order valence-electron chi connectivity index (χ0n) is 15.2. The number of benzene rings is 2. The molecule has 1 aliphatic heterocycles. The lowest BCUT2D eigenvalue weighted by molar-refractivity contribution is 0.281. The molecule has 4 aromatic rings. The van der Waals surface area contributed by atoms with Crippen LogP contribution in [-0.2, 0) is 26.2 Å². The number of aliphatic hydroxyl groups excluding tert-OH is 1. The van der Waals surface area contributed by atoms with Crippen molar-refractivity contribution in [3.05, 3.63) is 89.0 Å². The van der Waals surface area contributed by atoms with Crippen molar-refractivity contribution < 1.29 is 9.50 Å². The number of anilines is 1. The average Bonchev–Trinajstić information content (AvgIpc) is 3.30. The maximum absolute atomic E-state index is 13.1. The Kier molecular flexibility index (Phi) is 4.06. The van der Waals surface area contributed by atoms with Gasteiger partial charge in [-0.2, -0.15) is 5.10 Å². The van der Waals surface area contributed by atoms with Crippen LogP contribution in [0.5, 0.6) is 0 Å². The van der Waals surface area contributed by atoms with E-state index in [0.717, 1.165) is 39.1 Å². The molecule has 0 unspecified atom stereocenters. The fourth-order valence-electron chi connectivity index (χ4n) is 3.80. The highest BCUT2D eigenvalue weighted by atomic mass is 19.1. The molecule has 6 heteroatoms. The second-order valence-electron chi connectivity index (χ2n) is 7.08. The van der Waals surface area contributed by atoms with E-state index in [0.29, 0.717) is 19.6 Å². The fourth-order valence-corrected chi connectivity index (χ4v) is 3.80. The Bertz CT molecular complexity index is 1150. The smallest absolute Gasteiger partial charge is 0.135 e. The zero-order valence-corrected chi connectivity index (χ0v) is 15.2. The van der Waals surface area contributed by atoms with Crippen LogP contribution in [0.2, 0.25) is 0 Å². The third-order valence-corrected chi connectivity index (χ3v) is 5.23. The first-order valence-corrected chi connectivity index (χ1v) is 9.24. The minimum atomic E-state index is -0.237. The molecule has 1 aliphatic rings. The first-order chi connectivity index (χ1) is 13.7. The van der Waals surface area contributed by atoms with Crippen molar-refractivity contribution in [1.29, 1.82) is 0 Å². The van der Waals surface area contributed by atoms with E-state index in [1.165, 1.54) is 12.1 Å². The van der Waals surface area contributed by atoms with E-state index in [1.807, 2.05) is 41.2 Å². The van der Waals surface area contributed by atoms with Gasteiger partial charge in [-0.25, -0.2) is 9.37 Å². The maximum Gasteiger partial charge on any atom is 0.135 e. The van der Waals surface area contributed by atoms with Gasteiger partial charge in [-0.15, -0.1) is 0 Å². The normalized spacial score (nSPS) is 13.3. The molecule has 0 amide bonds. The fraction of sp³-hybridized carbons (Fsp3) is 0.182. The van der Waals surface area contributed by atoms with Crippen LogP contribution >= 0.6 is 0 Å². The number of nitrogens with zero attached hydrogens (tertiary/aromatic N) is 4. The van der Waals surface area contributed by atoms with Gasteiger partial charge < -0.3 is 10.0 Å². The van der Waals surface area contributed by atoms with E-state index in [-0.39, 0.29) is 12.4 Å². The SMILES string of the molecule is OCc1cc2ccccc2nc1N1Cc2cnn(Cc3ccc(F)cc3)c2C1. The molecule has 28 heavy (non-hydrogen) atoms. The van der Waals surface area contributed by atoms with Crippen LogP contribution in [0, 0.1) is 5.82 Å². The quantitative estimate of drug-likeness (QED) is 0.593. The van der Waals surface area contributed by atoms with Gasteiger partial charge in [0, 0.05) is 23.1 Å². The monoisotopic (exact) mass is 374 g/mol. The Hall–Kier alpha value is -3.25. The molecule has 0 atom stereocenters. The summed E-state index contributed by atoms with van der Waals surface area (Å²) in [5.41, 5.74) is 5.02. The third-order valence-electron chi connectivity index (χ3n) is 5.23. The Morgan fingerprint density at radius 1 is 1.04 bits per heavy atom. The summed E-state index contributed by atoms with van der Waals surface area (Å²) in [7, 11) is 0. The number of rotatable bonds is 4. The van der Waals surface area contributed by atoms with Crippen molar-refractivity contribution in [1.82, 2.24) is 14.8 Å². The molecular formula is C22H19FN4O. The van der Waals surface area contributed by atoms with Crippen molar-refractivity contribution in [3.63, 3.8) is 0 Å². The number of pyridine rings is 1. The summed E-state index contributed by atoms with van der Waals surface area (Å²) >= 11 is 0. The Morgan fingerprint density at radius 2 is 1.86 bits per heavy atom. The Balaban J connectivity index is 1.45. The van der Waals surface area contributed by atoms with Gasteiger partial charge in [-0.3, -0.25) is 4.68 Å². The van der Waals surface area contributed by atoms with Crippen LogP contribution in [0.15, 0.2) is 60.8 Å². The van der Waals surface area contributed by atoms with Crippen molar-refractivity contribution in [2.75, 3.05) is 4.90 Å². The van der Waals surface area contributed by atoms with Gasteiger partial charge in [0.2, 0.25) is 0 Å². The van der Waals surface area contributed by atoms with Crippen LogP contribution < -0.4 is 4.90 Å². The second-order valence-corrected chi connectivity index (χ2v) is 7.08. The van der Waals surface area contributed by atoms with Gasteiger partial charge in [0.1, 0.15) is 11.6 Å². The molecule has 0 bridgehead atoms. The molecule has 0 aliphatic carbocycles. The molecule has 3 heterocycles. The number of hydrogen-bond acceptors (Lipinski definition) is 4. The van der Waals surface area contributed by atoms with Crippen molar-refractivity contribution in [2.45, 2.75) is 26.2 Å². The molecule has 1 N–H and O–H groups in total. The summed E-state index contributed by atoms with van der Waals surface area (Å²) in [5.74, 6) is 0.574. The van der Waals surface area contributed by atoms with Crippen LogP contribution in [0.1, 0.15) is 22.4 Å². The standard InChI is InChI=1S/C22H19FN4O/c23-19-7-5-15(6-8-19)11-27-21-13-26(12-18(21)10-24-27)22-17(14-28)9-16-3-1-2-4-20(16)25-22/h1-10,28H,11-14H2. The molecule has 0 spiro atoms. The molecule has 0 radical (unpaired) electrons. The molecule has 2 aromatic carbocycles. The van der Waals surface area contributed by atoms with Crippen molar-refractivity contribution in [3.8, 4) is 0 Å². The van der Waals surface area contributed by atoms with E-state index in [1.54, 1.807) is 12.1 Å². The predicted molar refractivity (Wildman–Crippen MR) is 105 cm³/mol. The van der Waals surface area contributed by atoms with Gasteiger partial charge >= 0.3 is 0 Å². The van der Waals surface area contributed by atoms with Gasteiger partial charge in [0.15, 0.2) is 0 Å². The topological polar surface area (TPSA) is 54.2 Å². The lowest BCUT2D eigenvalue weighted by Gasteiger charge is -2.21. The Morgan fingerprint density at radius 3 is 2.68 bits per heavy atom. The number of aliphatic hydroxyl groups is 1. The van der Waals surface area contributed by atoms with Gasteiger partial charge in [0.25, 0.3) is 0 Å². The number of hydrogen-bond donors (Lipinski definition) is 1. The summed E-state index contributed by atoms with van der Waals surface area (Å²) in [6.45, 7) is 1.93. The second kappa shape index (κ2) is 6.73. The molecule has 0 saturated carbocycles. The van der Waals surface area contributed by atoms with Crippen LogP contribution in [0.25, 0.3) is 10.9 Å². The van der Waals surface area contributed by atoms with Gasteiger partial charge in [-0.05, 0) is 29.8 Å². The van der Waals surface area contributed by atoms with E-state index in [9.17, 15) is 9.50 Å². The molecule has 5 rings (SSSR count). The highest BCUT2D eigenvalue weighted by Crippen LogP contribution is 2.31. The number of para-hydroxylation sites is 1. The summed E-state index contributed by atoms with van der Waals surface area (Å²) in [6.07, 6.45) is 1.89. The molecule has 140 valence electrons. The zero-order chi connectivity index (χ0) is 19.1. The van der Waals surface area contributed by atoms with Crippen LogP contribution in [-0.4, -0.2) is 19.9 Å². The number of aromatic nitrogens is 3. The largest absolute Gasteiger partial charge is 0.392 e. The summed E-state index contributed by atoms with van der Waals surface area (Å²) in [4.78, 5) is 6.98. The molecular weight excluding hydrogens is 355 g/mol. The lowest BCUT2D eigenvalue weighted by Crippen LogP contribution is -2.20. The minimum absolute atomic E-state index is 0.0539. The van der Waals surface area contributed by atoms with Crippen LogP contribution in [0.3, 0.4) is 0 Å². The molecule has 5 nitrogen and oxygen atoms in total. The highest BCUT2D eigenvalue weighted by molar-refractivity contribution is 5.82. The first kappa shape index (κ1) is 16.9. The maximum atomic E-state index is 13.1. The van der Waals surface area contributed by atoms with E-state index in [2.05, 4.69) is 10.00 Å². The van der Waals surface area contributed by atoms with Crippen molar-refractivity contribution >= 4 is 16.7 Å². The third kappa shape index (κ3) is 2.92. The number of halogens is 1. The van der Waals surface area contributed by atoms with E-state index < -0.39 is 0 Å². The minimum Gasteiger partial charge on any atom is -0.392 e. The van der Waals surface area contributed by atoms with Crippen LogP contribution in [0.4, 0.5) is 10.2 Å². The summed E-state index contributed by atoms with van der Waals surface area (Å²) in [5, 5.41) is 15.4. The highest BCUT2D eigenvalue weighted by Gasteiger charge is 2.26. The Labute approximate surface area is 161 Å². The molecule has 2 aromatic heterocycles. The van der Waals surface area contributed by atoms with Crippen molar-refractivity contribution in [2.24, 2.45) is 0 Å². The van der Waals surface area contributed by atoms with E-state index in [4.69, 9.17) is 4.98 Å². The molecule has 0 saturated heterocycles. The number of fused-ring (bicyclic) bond motifs is 2. The molecule has 0 fully saturated rings. The summed E-state index contributed by atoms with van der Waals surface area (Å²) in [6, 6.07) is 16.4. The lowest BCUT2D eigenvalue weighted by atomic mass is 10.1. The summed E-state index contributed by atoms with van der Waals surface area (Å²) < 4.78 is 15.1. The van der Waals surface area contributed by atoms with Gasteiger partial charge in [0.05, 0.1) is 37.1 Å². The first-order valence-electron chi connectivity index (χ1n) is 9.24. The van der Waals surface area contributed by atoms with Gasteiger partial charge in [-0.1, -0.05) is 30.3 Å². The average molecular weight is 374 g/mol.